The molecular weight excluding hydrogens is 358 g/mol. The zero-order valence-corrected chi connectivity index (χ0v) is 15.4. The molecule has 0 saturated carbocycles. The summed E-state index contributed by atoms with van der Waals surface area (Å²) >= 11 is 0. The third kappa shape index (κ3) is 3.91. The maximum atomic E-state index is 13.7. The molecule has 0 aliphatic rings. The topological polar surface area (TPSA) is 37.2 Å². The Bertz CT molecular complexity index is 1090. The average molecular weight is 380 g/mol. The van der Waals surface area contributed by atoms with Crippen molar-refractivity contribution < 1.29 is 13.9 Å². The number of aliphatic hydroxyl groups excluding tert-OH is 1. The quantitative estimate of drug-likeness (QED) is 0.470. The van der Waals surface area contributed by atoms with Crippen molar-refractivity contribution in [1.29, 1.82) is 0 Å². The standard InChI is InChI=1S/C23H22F2N2O/c24-17-7-5-16(6-8-17)11-12-26-14-19(28)15-27-22-4-2-1-3-20(22)21-13-18(25)9-10-23(21)27/h1-10,13,19,26,28H,11-12,14-15H2. The van der Waals surface area contributed by atoms with E-state index in [2.05, 4.69) is 5.32 Å². The highest BCUT2D eigenvalue weighted by atomic mass is 19.1. The molecule has 0 fully saturated rings. The van der Waals surface area contributed by atoms with E-state index in [9.17, 15) is 13.9 Å². The molecule has 0 bridgehead atoms. The first kappa shape index (κ1) is 18.6. The first-order chi connectivity index (χ1) is 13.6. The summed E-state index contributed by atoms with van der Waals surface area (Å²) in [5.74, 6) is -0.503. The molecule has 4 rings (SSSR count). The molecule has 0 aliphatic carbocycles. The van der Waals surface area contributed by atoms with Gasteiger partial charge in [0.1, 0.15) is 11.6 Å². The Morgan fingerprint density at radius 2 is 1.57 bits per heavy atom. The predicted molar refractivity (Wildman–Crippen MR) is 108 cm³/mol. The van der Waals surface area contributed by atoms with E-state index in [0.29, 0.717) is 19.6 Å². The van der Waals surface area contributed by atoms with Crippen LogP contribution in [0.3, 0.4) is 0 Å². The molecule has 2 N–H and O–H groups in total. The second-order valence-electron chi connectivity index (χ2n) is 7.02. The Morgan fingerprint density at radius 3 is 2.39 bits per heavy atom. The summed E-state index contributed by atoms with van der Waals surface area (Å²) < 4.78 is 28.7. The maximum absolute atomic E-state index is 13.7. The molecule has 1 unspecified atom stereocenters. The number of rotatable bonds is 7. The van der Waals surface area contributed by atoms with Gasteiger partial charge in [0.15, 0.2) is 0 Å². The van der Waals surface area contributed by atoms with Gasteiger partial charge in [-0.25, -0.2) is 8.78 Å². The molecule has 0 amide bonds. The van der Waals surface area contributed by atoms with Gasteiger partial charge in [-0.1, -0.05) is 30.3 Å². The Hall–Kier alpha value is -2.76. The fourth-order valence-electron chi connectivity index (χ4n) is 3.65. The van der Waals surface area contributed by atoms with Gasteiger partial charge < -0.3 is 15.0 Å². The van der Waals surface area contributed by atoms with Gasteiger partial charge in [0, 0.05) is 28.4 Å². The van der Waals surface area contributed by atoms with Gasteiger partial charge in [-0.15, -0.1) is 0 Å². The van der Waals surface area contributed by atoms with Gasteiger partial charge in [0.25, 0.3) is 0 Å². The summed E-state index contributed by atoms with van der Waals surface area (Å²) in [4.78, 5) is 0. The Balaban J connectivity index is 1.43. The van der Waals surface area contributed by atoms with Crippen molar-refractivity contribution in [3.63, 3.8) is 0 Å². The van der Waals surface area contributed by atoms with Crippen molar-refractivity contribution in [1.82, 2.24) is 9.88 Å². The molecule has 4 aromatic rings. The number of hydrogen-bond acceptors (Lipinski definition) is 2. The van der Waals surface area contributed by atoms with Crippen LogP contribution in [0.25, 0.3) is 21.8 Å². The fourth-order valence-corrected chi connectivity index (χ4v) is 3.65. The minimum Gasteiger partial charge on any atom is -0.390 e. The zero-order chi connectivity index (χ0) is 19.5. The summed E-state index contributed by atoms with van der Waals surface area (Å²) in [6.45, 7) is 1.55. The van der Waals surface area contributed by atoms with Crippen LogP contribution < -0.4 is 5.32 Å². The van der Waals surface area contributed by atoms with Crippen LogP contribution in [0.15, 0.2) is 66.7 Å². The highest BCUT2D eigenvalue weighted by Gasteiger charge is 2.14. The zero-order valence-electron chi connectivity index (χ0n) is 15.4. The normalized spacial score (nSPS) is 12.7. The number of para-hydroxylation sites is 1. The van der Waals surface area contributed by atoms with Crippen LogP contribution in [-0.2, 0) is 13.0 Å². The smallest absolute Gasteiger partial charge is 0.123 e. The number of nitrogens with one attached hydrogen (secondary N) is 1. The van der Waals surface area contributed by atoms with Crippen LogP contribution in [0.4, 0.5) is 8.78 Å². The van der Waals surface area contributed by atoms with Crippen LogP contribution in [0.5, 0.6) is 0 Å². The molecule has 3 nitrogen and oxygen atoms in total. The van der Waals surface area contributed by atoms with Gasteiger partial charge in [0.05, 0.1) is 12.6 Å². The van der Waals surface area contributed by atoms with E-state index in [0.717, 1.165) is 33.8 Å². The second-order valence-corrected chi connectivity index (χ2v) is 7.02. The summed E-state index contributed by atoms with van der Waals surface area (Å²) in [6, 6.07) is 19.0. The van der Waals surface area contributed by atoms with E-state index in [-0.39, 0.29) is 11.6 Å². The SMILES string of the molecule is OC(CNCCc1ccc(F)cc1)Cn1c2ccccc2c2cc(F)ccc21. The Kier molecular flexibility index (Phi) is 5.37. The maximum Gasteiger partial charge on any atom is 0.123 e. The van der Waals surface area contributed by atoms with E-state index < -0.39 is 6.10 Å². The van der Waals surface area contributed by atoms with E-state index in [1.807, 2.05) is 28.8 Å². The number of halogens is 2. The van der Waals surface area contributed by atoms with Crippen LogP contribution in [0.1, 0.15) is 5.56 Å². The molecule has 1 aromatic heterocycles. The summed E-state index contributed by atoms with van der Waals surface area (Å²) in [5, 5.41) is 15.6. The highest BCUT2D eigenvalue weighted by molar-refractivity contribution is 6.08. The van der Waals surface area contributed by atoms with Crippen LogP contribution in [-0.4, -0.2) is 28.9 Å². The largest absolute Gasteiger partial charge is 0.390 e. The van der Waals surface area contributed by atoms with Crippen molar-refractivity contribution in [2.45, 2.75) is 19.1 Å². The molecule has 1 heterocycles. The molecule has 1 atom stereocenters. The number of hydrogen-bond donors (Lipinski definition) is 2. The van der Waals surface area contributed by atoms with Gasteiger partial charge in [-0.3, -0.25) is 0 Å². The number of nitrogens with zero attached hydrogens (tertiary/aromatic N) is 1. The lowest BCUT2D eigenvalue weighted by Gasteiger charge is -2.15. The first-order valence-electron chi connectivity index (χ1n) is 9.41. The fraction of sp³-hybridized carbons (Fsp3) is 0.217. The Morgan fingerprint density at radius 1 is 0.857 bits per heavy atom. The van der Waals surface area contributed by atoms with Crippen molar-refractivity contribution in [3.8, 4) is 0 Å². The second kappa shape index (κ2) is 8.09. The van der Waals surface area contributed by atoms with Crippen molar-refractivity contribution in [2.75, 3.05) is 13.1 Å². The molecule has 0 aliphatic heterocycles. The van der Waals surface area contributed by atoms with Gasteiger partial charge >= 0.3 is 0 Å². The van der Waals surface area contributed by atoms with Gasteiger partial charge in [0.2, 0.25) is 0 Å². The molecule has 3 aromatic carbocycles. The number of fused-ring (bicyclic) bond motifs is 3. The molecule has 144 valence electrons. The lowest BCUT2D eigenvalue weighted by Crippen LogP contribution is -2.31. The minimum atomic E-state index is -0.586. The lowest BCUT2D eigenvalue weighted by atomic mass is 10.1. The molecular formula is C23H22F2N2O. The number of aromatic nitrogens is 1. The predicted octanol–water partition coefficient (Wildman–Crippen LogP) is 4.27. The molecule has 28 heavy (non-hydrogen) atoms. The number of benzene rings is 3. The van der Waals surface area contributed by atoms with E-state index in [1.54, 1.807) is 24.3 Å². The minimum absolute atomic E-state index is 0.238. The van der Waals surface area contributed by atoms with Crippen LogP contribution >= 0.6 is 0 Å². The monoisotopic (exact) mass is 380 g/mol. The van der Waals surface area contributed by atoms with E-state index in [1.165, 1.54) is 18.2 Å². The summed E-state index contributed by atoms with van der Waals surface area (Å²) in [6.07, 6.45) is 0.180. The van der Waals surface area contributed by atoms with E-state index >= 15 is 0 Å². The molecule has 0 saturated heterocycles. The van der Waals surface area contributed by atoms with Crippen molar-refractivity contribution >= 4 is 21.8 Å². The van der Waals surface area contributed by atoms with Gasteiger partial charge in [-0.2, -0.15) is 0 Å². The van der Waals surface area contributed by atoms with Crippen molar-refractivity contribution in [3.05, 3.63) is 83.9 Å². The molecule has 0 spiro atoms. The average Bonchev–Trinajstić information content (AvgIpc) is 3.00. The summed E-state index contributed by atoms with van der Waals surface area (Å²) in [7, 11) is 0. The van der Waals surface area contributed by atoms with Crippen molar-refractivity contribution in [2.24, 2.45) is 0 Å². The first-order valence-corrected chi connectivity index (χ1v) is 9.41. The van der Waals surface area contributed by atoms with E-state index in [4.69, 9.17) is 0 Å². The van der Waals surface area contributed by atoms with Crippen LogP contribution in [0, 0.1) is 11.6 Å². The third-order valence-electron chi connectivity index (χ3n) is 5.01. The molecule has 5 heteroatoms. The summed E-state index contributed by atoms with van der Waals surface area (Å²) in [5.41, 5.74) is 2.94. The molecule has 0 radical (unpaired) electrons. The Labute approximate surface area is 162 Å². The third-order valence-corrected chi connectivity index (χ3v) is 5.01. The van der Waals surface area contributed by atoms with Gasteiger partial charge in [-0.05, 0) is 54.9 Å². The lowest BCUT2D eigenvalue weighted by molar-refractivity contribution is 0.154. The number of aliphatic hydroxyl groups is 1. The highest BCUT2D eigenvalue weighted by Crippen LogP contribution is 2.29. The van der Waals surface area contributed by atoms with Crippen LogP contribution in [0.2, 0.25) is 0 Å².